The number of nitrogens with zero attached hydrogens (tertiary/aromatic N) is 3. The summed E-state index contributed by atoms with van der Waals surface area (Å²) >= 11 is 1.21. The van der Waals surface area contributed by atoms with Gasteiger partial charge in [-0.3, -0.25) is 4.79 Å². The van der Waals surface area contributed by atoms with Crippen LogP contribution in [-0.4, -0.2) is 68.7 Å². The number of likely N-dealkylation sites (N-methyl/N-ethyl adjacent to an activating group) is 1. The molecule has 6 nitrogen and oxygen atoms in total. The fourth-order valence-electron chi connectivity index (χ4n) is 3.46. The minimum Gasteiger partial charge on any atom is -0.333 e. The Bertz CT molecular complexity index is 869. The molecule has 0 radical (unpaired) electrons. The summed E-state index contributed by atoms with van der Waals surface area (Å²) in [4.78, 5) is 17.1. The highest BCUT2D eigenvalue weighted by Gasteiger charge is 2.30. The summed E-state index contributed by atoms with van der Waals surface area (Å²) in [5, 5.41) is 1.75. The van der Waals surface area contributed by atoms with Gasteiger partial charge in [-0.15, -0.1) is 11.3 Å². The van der Waals surface area contributed by atoms with Gasteiger partial charge >= 0.3 is 0 Å². The standard InChI is InChI=1S/C20H27N3O3S2/c1-21-13-14-23(18(16-21)17-8-4-3-5-9-17)19(24)10-6-12-22(2)28(25,26)20-11-7-15-27-20/h3-5,7-9,11,15,18H,6,10,12-14,16H2,1-2H3. The van der Waals surface area contributed by atoms with Gasteiger partial charge in [-0.2, -0.15) is 0 Å². The van der Waals surface area contributed by atoms with Gasteiger partial charge in [0.05, 0.1) is 6.04 Å². The van der Waals surface area contributed by atoms with Crippen LogP contribution in [0.5, 0.6) is 0 Å². The van der Waals surface area contributed by atoms with E-state index in [1.165, 1.54) is 15.6 Å². The van der Waals surface area contributed by atoms with E-state index in [9.17, 15) is 13.2 Å². The fraction of sp³-hybridized carbons (Fsp3) is 0.450. The minimum atomic E-state index is -3.46. The number of rotatable bonds is 7. The molecule has 1 atom stereocenters. The molecule has 0 saturated carbocycles. The summed E-state index contributed by atoms with van der Waals surface area (Å²) < 4.78 is 26.6. The fourth-order valence-corrected chi connectivity index (χ4v) is 5.87. The molecule has 0 bridgehead atoms. The van der Waals surface area contributed by atoms with Crippen molar-refractivity contribution < 1.29 is 13.2 Å². The van der Waals surface area contributed by atoms with Crippen LogP contribution in [0.1, 0.15) is 24.4 Å². The molecular formula is C20H27N3O3S2. The zero-order valence-electron chi connectivity index (χ0n) is 16.3. The number of amides is 1. The van der Waals surface area contributed by atoms with E-state index >= 15 is 0 Å². The molecule has 1 aliphatic heterocycles. The highest BCUT2D eigenvalue weighted by Crippen LogP contribution is 2.26. The lowest BCUT2D eigenvalue weighted by Gasteiger charge is -2.40. The van der Waals surface area contributed by atoms with Crippen LogP contribution in [0.25, 0.3) is 0 Å². The number of hydrogen-bond donors (Lipinski definition) is 0. The molecule has 2 heterocycles. The van der Waals surface area contributed by atoms with Crippen molar-refractivity contribution in [3.8, 4) is 0 Å². The quantitative estimate of drug-likeness (QED) is 0.690. The van der Waals surface area contributed by atoms with Crippen LogP contribution in [0.15, 0.2) is 52.1 Å². The molecule has 1 unspecified atom stereocenters. The van der Waals surface area contributed by atoms with Gasteiger partial charge in [0.25, 0.3) is 10.0 Å². The molecule has 1 saturated heterocycles. The first-order valence-electron chi connectivity index (χ1n) is 9.42. The molecule has 3 rings (SSSR count). The van der Waals surface area contributed by atoms with Crippen molar-refractivity contribution in [2.45, 2.75) is 23.1 Å². The molecule has 1 aromatic heterocycles. The van der Waals surface area contributed by atoms with Crippen LogP contribution in [0.2, 0.25) is 0 Å². The van der Waals surface area contributed by atoms with E-state index in [2.05, 4.69) is 24.1 Å². The SMILES string of the molecule is CN1CCN(C(=O)CCCN(C)S(=O)(=O)c2cccs2)C(c2ccccc2)C1. The number of carbonyl (C=O) groups is 1. The first-order valence-corrected chi connectivity index (χ1v) is 11.7. The second kappa shape index (κ2) is 9.17. The largest absolute Gasteiger partial charge is 0.333 e. The van der Waals surface area contributed by atoms with Crippen molar-refractivity contribution in [2.75, 3.05) is 40.3 Å². The van der Waals surface area contributed by atoms with Gasteiger partial charge in [0.15, 0.2) is 0 Å². The smallest absolute Gasteiger partial charge is 0.252 e. The van der Waals surface area contributed by atoms with Gasteiger partial charge in [-0.05, 0) is 30.5 Å². The molecule has 1 aromatic carbocycles. The Labute approximate surface area is 171 Å². The van der Waals surface area contributed by atoms with Crippen LogP contribution in [0.4, 0.5) is 0 Å². The van der Waals surface area contributed by atoms with Gasteiger partial charge in [-0.25, -0.2) is 12.7 Å². The number of piperazine rings is 1. The predicted molar refractivity (Wildman–Crippen MR) is 112 cm³/mol. The van der Waals surface area contributed by atoms with Gasteiger partial charge in [0, 0.05) is 39.6 Å². The summed E-state index contributed by atoms with van der Waals surface area (Å²) in [6, 6.07) is 13.5. The second-order valence-corrected chi connectivity index (χ2v) is 10.4. The number of carbonyl (C=O) groups excluding carboxylic acids is 1. The highest BCUT2D eigenvalue weighted by atomic mass is 32.2. The molecule has 2 aromatic rings. The third-order valence-electron chi connectivity index (χ3n) is 5.11. The Morgan fingerprint density at radius 3 is 2.61 bits per heavy atom. The highest BCUT2D eigenvalue weighted by molar-refractivity contribution is 7.91. The van der Waals surface area contributed by atoms with E-state index in [1.807, 2.05) is 23.1 Å². The van der Waals surface area contributed by atoms with Crippen molar-refractivity contribution >= 4 is 27.3 Å². The zero-order chi connectivity index (χ0) is 20.1. The Kier molecular flexibility index (Phi) is 6.87. The third-order valence-corrected chi connectivity index (χ3v) is 8.34. The van der Waals surface area contributed by atoms with Gasteiger partial charge < -0.3 is 9.80 Å². The summed E-state index contributed by atoms with van der Waals surface area (Å²) in [6.45, 7) is 2.68. The lowest BCUT2D eigenvalue weighted by molar-refractivity contribution is -0.136. The lowest BCUT2D eigenvalue weighted by Crippen LogP contribution is -2.49. The topological polar surface area (TPSA) is 60.9 Å². The van der Waals surface area contributed by atoms with E-state index < -0.39 is 10.0 Å². The van der Waals surface area contributed by atoms with Crippen LogP contribution < -0.4 is 0 Å². The number of sulfonamides is 1. The third kappa shape index (κ3) is 4.81. The molecule has 1 aliphatic rings. The Morgan fingerprint density at radius 1 is 1.18 bits per heavy atom. The average Bonchev–Trinajstić information content (AvgIpc) is 3.24. The lowest BCUT2D eigenvalue weighted by atomic mass is 10.0. The average molecular weight is 422 g/mol. The van der Waals surface area contributed by atoms with Gasteiger partial charge in [-0.1, -0.05) is 36.4 Å². The first-order chi connectivity index (χ1) is 13.4. The molecule has 0 spiro atoms. The molecule has 28 heavy (non-hydrogen) atoms. The van der Waals surface area contributed by atoms with Crippen molar-refractivity contribution in [1.82, 2.24) is 14.1 Å². The van der Waals surface area contributed by atoms with Crippen molar-refractivity contribution in [1.29, 1.82) is 0 Å². The maximum atomic E-state index is 12.9. The van der Waals surface area contributed by atoms with E-state index in [0.29, 0.717) is 30.1 Å². The second-order valence-electron chi connectivity index (χ2n) is 7.14. The zero-order valence-corrected chi connectivity index (χ0v) is 18.0. The van der Waals surface area contributed by atoms with E-state index in [4.69, 9.17) is 0 Å². The molecule has 1 fully saturated rings. The molecule has 0 N–H and O–H groups in total. The van der Waals surface area contributed by atoms with E-state index in [-0.39, 0.29) is 11.9 Å². The maximum absolute atomic E-state index is 12.9. The van der Waals surface area contributed by atoms with Crippen LogP contribution >= 0.6 is 11.3 Å². The van der Waals surface area contributed by atoms with Crippen LogP contribution in [0, 0.1) is 0 Å². The Hall–Kier alpha value is -1.74. The van der Waals surface area contributed by atoms with E-state index in [1.54, 1.807) is 24.6 Å². The summed E-state index contributed by atoms with van der Waals surface area (Å²) in [7, 11) is 0.184. The molecule has 1 amide bonds. The van der Waals surface area contributed by atoms with Crippen molar-refractivity contribution in [3.05, 3.63) is 53.4 Å². The predicted octanol–water partition coefficient (Wildman–Crippen LogP) is 2.66. The first kappa shape index (κ1) is 21.0. The Balaban J connectivity index is 1.59. The number of benzene rings is 1. The molecule has 0 aliphatic carbocycles. The monoisotopic (exact) mass is 421 g/mol. The Morgan fingerprint density at radius 2 is 1.93 bits per heavy atom. The van der Waals surface area contributed by atoms with Crippen LogP contribution in [0.3, 0.4) is 0 Å². The van der Waals surface area contributed by atoms with Gasteiger partial charge in [0.2, 0.25) is 5.91 Å². The number of thiophene rings is 1. The van der Waals surface area contributed by atoms with Crippen molar-refractivity contribution in [3.63, 3.8) is 0 Å². The van der Waals surface area contributed by atoms with E-state index in [0.717, 1.165) is 18.7 Å². The van der Waals surface area contributed by atoms with Crippen LogP contribution in [-0.2, 0) is 14.8 Å². The minimum absolute atomic E-state index is 0.0417. The summed E-state index contributed by atoms with van der Waals surface area (Å²) in [5.41, 5.74) is 1.14. The molecular weight excluding hydrogens is 394 g/mol. The molecule has 152 valence electrons. The molecule has 8 heteroatoms. The normalized spacial score (nSPS) is 18.5. The summed E-state index contributed by atoms with van der Waals surface area (Å²) in [6.07, 6.45) is 0.852. The summed E-state index contributed by atoms with van der Waals surface area (Å²) in [5.74, 6) is 0.0869. The maximum Gasteiger partial charge on any atom is 0.252 e. The number of hydrogen-bond acceptors (Lipinski definition) is 5. The van der Waals surface area contributed by atoms with Gasteiger partial charge in [0.1, 0.15) is 4.21 Å². The van der Waals surface area contributed by atoms with Crippen molar-refractivity contribution in [2.24, 2.45) is 0 Å².